The molecule has 0 amide bonds. The first-order valence-corrected chi connectivity index (χ1v) is 7.49. The molecule has 106 valence electrons. The summed E-state index contributed by atoms with van der Waals surface area (Å²) < 4.78 is 0. The second kappa shape index (κ2) is 5.75. The summed E-state index contributed by atoms with van der Waals surface area (Å²) in [5.74, 6) is -0.747. The highest BCUT2D eigenvalue weighted by Gasteiger charge is 2.19. The van der Waals surface area contributed by atoms with Gasteiger partial charge in [-0.15, -0.1) is 11.3 Å². The maximum Gasteiger partial charge on any atom is 0.347 e. The average molecular weight is 289 g/mol. The average Bonchev–Trinajstić information content (AvgIpc) is 2.78. The van der Waals surface area contributed by atoms with Crippen molar-refractivity contribution >= 4 is 17.3 Å². The van der Waals surface area contributed by atoms with Crippen LogP contribution in [0, 0.1) is 13.8 Å². The first-order valence-electron chi connectivity index (χ1n) is 6.67. The lowest BCUT2D eigenvalue weighted by Gasteiger charge is -2.03. The minimum Gasteiger partial charge on any atom is -0.477 e. The van der Waals surface area contributed by atoms with E-state index in [1.807, 2.05) is 13.8 Å². The molecule has 20 heavy (non-hydrogen) atoms. The number of nitrogens with zero attached hydrogens (tertiary/aromatic N) is 1. The Labute approximate surface area is 123 Å². The smallest absolute Gasteiger partial charge is 0.347 e. The third kappa shape index (κ3) is 3.07. The van der Waals surface area contributed by atoms with Crippen molar-refractivity contribution < 1.29 is 9.90 Å². The molecule has 0 aliphatic rings. The van der Waals surface area contributed by atoms with Crippen molar-refractivity contribution in [2.24, 2.45) is 0 Å². The fraction of sp³-hybridized carbons (Fsp3) is 0.375. The molecular formula is C16H19NO2S. The monoisotopic (exact) mass is 289 g/mol. The Kier molecular flexibility index (Phi) is 4.23. The molecule has 0 aliphatic carbocycles. The Morgan fingerprint density at radius 2 is 2.00 bits per heavy atom. The van der Waals surface area contributed by atoms with Crippen molar-refractivity contribution in [2.45, 2.75) is 40.0 Å². The van der Waals surface area contributed by atoms with Crippen LogP contribution in [0.1, 0.15) is 56.8 Å². The zero-order chi connectivity index (χ0) is 14.9. The quantitative estimate of drug-likeness (QED) is 0.919. The Morgan fingerprint density at radius 1 is 1.30 bits per heavy atom. The van der Waals surface area contributed by atoms with Gasteiger partial charge in [-0.1, -0.05) is 32.0 Å². The van der Waals surface area contributed by atoms with Gasteiger partial charge >= 0.3 is 5.97 Å². The van der Waals surface area contributed by atoms with Gasteiger partial charge in [0.15, 0.2) is 0 Å². The van der Waals surface area contributed by atoms with Crippen LogP contribution in [0.4, 0.5) is 0 Å². The van der Waals surface area contributed by atoms with Crippen LogP contribution in [0.25, 0.3) is 0 Å². The first-order chi connectivity index (χ1) is 9.38. The maximum absolute atomic E-state index is 11.3. The number of aryl methyl sites for hydroxylation is 2. The molecule has 0 fully saturated rings. The van der Waals surface area contributed by atoms with Crippen LogP contribution in [0.5, 0.6) is 0 Å². The molecular weight excluding hydrogens is 270 g/mol. The SMILES string of the molecule is Cc1ccc(Cc2nc(C(C)C)c(C(=O)O)s2)cc1C. The van der Waals surface area contributed by atoms with E-state index in [-0.39, 0.29) is 5.92 Å². The van der Waals surface area contributed by atoms with Gasteiger partial charge in [-0.25, -0.2) is 9.78 Å². The maximum atomic E-state index is 11.3. The molecule has 0 bridgehead atoms. The Bertz CT molecular complexity index is 644. The summed E-state index contributed by atoms with van der Waals surface area (Å²) >= 11 is 1.29. The predicted octanol–water partition coefficient (Wildman–Crippen LogP) is 4.17. The number of hydrogen-bond acceptors (Lipinski definition) is 3. The molecule has 1 aromatic heterocycles. The Hall–Kier alpha value is -1.68. The van der Waals surface area contributed by atoms with Crippen LogP contribution < -0.4 is 0 Å². The van der Waals surface area contributed by atoms with Gasteiger partial charge in [-0.05, 0) is 36.5 Å². The molecule has 0 radical (unpaired) electrons. The van der Waals surface area contributed by atoms with Crippen molar-refractivity contribution in [1.82, 2.24) is 4.98 Å². The van der Waals surface area contributed by atoms with Gasteiger partial charge in [0.2, 0.25) is 0 Å². The standard InChI is InChI=1S/C16H19NO2S/c1-9(2)14-15(16(18)19)20-13(17-14)8-12-6-5-10(3)11(4)7-12/h5-7,9H,8H2,1-4H3,(H,18,19). The fourth-order valence-electron chi connectivity index (χ4n) is 2.09. The van der Waals surface area contributed by atoms with E-state index in [0.717, 1.165) is 5.01 Å². The number of aromatic nitrogens is 1. The number of rotatable bonds is 4. The Morgan fingerprint density at radius 3 is 2.50 bits per heavy atom. The number of aromatic carboxylic acids is 1. The molecule has 0 unspecified atom stereocenters. The zero-order valence-corrected chi connectivity index (χ0v) is 13.0. The van der Waals surface area contributed by atoms with Crippen LogP contribution in [-0.2, 0) is 6.42 Å². The number of carbonyl (C=O) groups is 1. The Balaban J connectivity index is 2.31. The molecule has 0 saturated heterocycles. The lowest BCUT2D eigenvalue weighted by atomic mass is 10.0. The summed E-state index contributed by atoms with van der Waals surface area (Å²) in [6.45, 7) is 8.12. The van der Waals surface area contributed by atoms with Gasteiger partial charge in [0, 0.05) is 6.42 Å². The molecule has 3 nitrogen and oxygen atoms in total. The van der Waals surface area contributed by atoms with E-state index in [2.05, 4.69) is 37.0 Å². The van der Waals surface area contributed by atoms with E-state index in [1.54, 1.807) is 0 Å². The van der Waals surface area contributed by atoms with Gasteiger partial charge < -0.3 is 5.11 Å². The molecule has 1 heterocycles. The van der Waals surface area contributed by atoms with Gasteiger partial charge in [0.1, 0.15) is 4.88 Å². The summed E-state index contributed by atoms with van der Waals surface area (Å²) in [4.78, 5) is 16.2. The number of benzene rings is 1. The summed E-state index contributed by atoms with van der Waals surface area (Å²) in [7, 11) is 0. The van der Waals surface area contributed by atoms with E-state index in [9.17, 15) is 9.90 Å². The third-order valence-corrected chi connectivity index (χ3v) is 4.42. The van der Waals surface area contributed by atoms with Crippen molar-refractivity contribution in [3.8, 4) is 0 Å². The van der Waals surface area contributed by atoms with Crippen molar-refractivity contribution in [3.05, 3.63) is 50.5 Å². The molecule has 0 aliphatic heterocycles. The second-order valence-electron chi connectivity index (χ2n) is 5.38. The second-order valence-corrected chi connectivity index (χ2v) is 6.46. The summed E-state index contributed by atoms with van der Waals surface area (Å²) in [6.07, 6.45) is 0.693. The molecule has 0 atom stereocenters. The zero-order valence-electron chi connectivity index (χ0n) is 12.2. The molecule has 0 spiro atoms. The molecule has 2 aromatic rings. The number of hydrogen-bond donors (Lipinski definition) is 1. The van der Waals surface area contributed by atoms with Gasteiger partial charge in [0.05, 0.1) is 10.7 Å². The molecule has 0 saturated carbocycles. The largest absolute Gasteiger partial charge is 0.477 e. The van der Waals surface area contributed by atoms with Crippen molar-refractivity contribution in [2.75, 3.05) is 0 Å². The van der Waals surface area contributed by atoms with E-state index in [1.165, 1.54) is 28.0 Å². The summed E-state index contributed by atoms with van der Waals surface area (Å²) in [5.41, 5.74) is 4.39. The molecule has 4 heteroatoms. The van der Waals surface area contributed by atoms with E-state index in [0.29, 0.717) is 17.0 Å². The van der Waals surface area contributed by atoms with E-state index in [4.69, 9.17) is 0 Å². The highest BCUT2D eigenvalue weighted by molar-refractivity contribution is 7.13. The predicted molar refractivity (Wildman–Crippen MR) is 81.9 cm³/mol. The van der Waals surface area contributed by atoms with Crippen LogP contribution in [0.15, 0.2) is 18.2 Å². The molecule has 2 rings (SSSR count). The van der Waals surface area contributed by atoms with Crippen molar-refractivity contribution in [3.63, 3.8) is 0 Å². The molecule has 1 N–H and O–H groups in total. The minimum absolute atomic E-state index is 0.130. The van der Waals surface area contributed by atoms with Gasteiger partial charge in [0.25, 0.3) is 0 Å². The van der Waals surface area contributed by atoms with E-state index >= 15 is 0 Å². The minimum atomic E-state index is -0.877. The highest BCUT2D eigenvalue weighted by Crippen LogP contribution is 2.27. The van der Waals surface area contributed by atoms with Gasteiger partial charge in [-0.2, -0.15) is 0 Å². The normalized spacial score (nSPS) is 11.1. The number of carboxylic acid groups (broad SMARTS) is 1. The topological polar surface area (TPSA) is 50.2 Å². The van der Waals surface area contributed by atoms with Crippen LogP contribution >= 0.6 is 11.3 Å². The van der Waals surface area contributed by atoms with Crippen LogP contribution in [0.3, 0.4) is 0 Å². The number of carboxylic acids is 1. The van der Waals surface area contributed by atoms with Crippen LogP contribution in [0.2, 0.25) is 0 Å². The lowest BCUT2D eigenvalue weighted by molar-refractivity contribution is 0.0700. The van der Waals surface area contributed by atoms with Crippen LogP contribution in [-0.4, -0.2) is 16.1 Å². The highest BCUT2D eigenvalue weighted by atomic mass is 32.1. The van der Waals surface area contributed by atoms with E-state index < -0.39 is 5.97 Å². The molecule has 1 aromatic carbocycles. The lowest BCUT2D eigenvalue weighted by Crippen LogP contribution is -2.00. The van der Waals surface area contributed by atoms with Gasteiger partial charge in [-0.3, -0.25) is 0 Å². The summed E-state index contributed by atoms with van der Waals surface area (Å²) in [5, 5.41) is 10.1. The van der Waals surface area contributed by atoms with Crippen molar-refractivity contribution in [1.29, 1.82) is 0 Å². The first kappa shape index (κ1) is 14.7. The summed E-state index contributed by atoms with van der Waals surface area (Å²) in [6, 6.07) is 6.32. The fourth-order valence-corrected chi connectivity index (χ4v) is 3.18. The number of thiazole rings is 1. The third-order valence-electron chi connectivity index (χ3n) is 3.37.